The number of carbonyl (C=O) groups excluding carboxylic acids is 2. The van der Waals surface area contributed by atoms with Crippen molar-refractivity contribution in [3.63, 3.8) is 0 Å². The van der Waals surface area contributed by atoms with Gasteiger partial charge in [0.1, 0.15) is 11.5 Å². The van der Waals surface area contributed by atoms with Gasteiger partial charge in [-0.15, -0.1) is 0 Å². The van der Waals surface area contributed by atoms with E-state index in [9.17, 15) is 9.59 Å². The summed E-state index contributed by atoms with van der Waals surface area (Å²) in [6, 6.07) is 11.0. The van der Waals surface area contributed by atoms with E-state index in [4.69, 9.17) is 5.73 Å². The second-order valence-corrected chi connectivity index (χ2v) is 5.62. The van der Waals surface area contributed by atoms with Crippen LogP contribution in [0.25, 0.3) is 10.4 Å². The van der Waals surface area contributed by atoms with Crippen molar-refractivity contribution in [3.8, 4) is 10.4 Å². The van der Waals surface area contributed by atoms with Gasteiger partial charge in [-0.3, -0.25) is 14.6 Å². The molecule has 2 aromatic heterocycles. The molecule has 114 valence electrons. The van der Waals surface area contributed by atoms with E-state index in [2.05, 4.69) is 15.3 Å². The molecule has 0 saturated carbocycles. The number of nitrogens with one attached hydrogen (secondary N) is 1. The summed E-state index contributed by atoms with van der Waals surface area (Å²) < 4.78 is 0. The largest absolute Gasteiger partial charge is 0.382 e. The van der Waals surface area contributed by atoms with E-state index < -0.39 is 0 Å². The van der Waals surface area contributed by atoms with Crippen LogP contribution in [0.2, 0.25) is 0 Å². The van der Waals surface area contributed by atoms with E-state index in [-0.39, 0.29) is 11.5 Å². The van der Waals surface area contributed by atoms with Crippen LogP contribution in [0, 0.1) is 0 Å². The van der Waals surface area contributed by atoms with Crippen LogP contribution in [0.15, 0.2) is 42.6 Å². The Morgan fingerprint density at radius 3 is 2.57 bits per heavy atom. The van der Waals surface area contributed by atoms with Crippen molar-refractivity contribution in [2.75, 3.05) is 11.1 Å². The van der Waals surface area contributed by atoms with Gasteiger partial charge in [0.15, 0.2) is 17.7 Å². The van der Waals surface area contributed by atoms with Crippen molar-refractivity contribution in [1.82, 2.24) is 9.97 Å². The predicted octanol–water partition coefficient (Wildman–Crippen LogP) is 3.16. The average molecular weight is 324 g/mol. The first kappa shape index (κ1) is 14.9. The van der Waals surface area contributed by atoms with E-state index in [0.717, 1.165) is 5.69 Å². The molecule has 0 fully saturated rings. The third-order valence-electron chi connectivity index (χ3n) is 3.16. The monoisotopic (exact) mass is 324 g/mol. The van der Waals surface area contributed by atoms with Gasteiger partial charge in [-0.05, 0) is 18.2 Å². The summed E-state index contributed by atoms with van der Waals surface area (Å²) in [5.74, 6) is 0.243. The molecule has 0 bridgehead atoms. The average Bonchev–Trinajstić information content (AvgIpc) is 2.94. The quantitative estimate of drug-likeness (QED) is 0.700. The minimum atomic E-state index is 0.163. The van der Waals surface area contributed by atoms with Crippen molar-refractivity contribution in [1.29, 1.82) is 0 Å². The molecule has 3 N–H and O–H groups in total. The summed E-state index contributed by atoms with van der Waals surface area (Å²) in [6.45, 7) is 0. The van der Waals surface area contributed by atoms with Gasteiger partial charge in [0, 0.05) is 23.0 Å². The van der Waals surface area contributed by atoms with Crippen LogP contribution in [0.3, 0.4) is 0 Å². The highest BCUT2D eigenvalue weighted by Gasteiger charge is 2.18. The third-order valence-corrected chi connectivity index (χ3v) is 4.16. The fourth-order valence-corrected chi connectivity index (χ4v) is 3.12. The van der Waals surface area contributed by atoms with Gasteiger partial charge in [-0.25, -0.2) is 4.98 Å². The normalized spacial score (nSPS) is 10.3. The number of nitrogens with two attached hydrogens (primary N) is 1. The molecule has 7 heteroatoms. The van der Waals surface area contributed by atoms with Gasteiger partial charge in [-0.2, -0.15) is 0 Å². The summed E-state index contributed by atoms with van der Waals surface area (Å²) >= 11 is 1.26. The van der Waals surface area contributed by atoms with Crippen molar-refractivity contribution in [2.45, 2.75) is 0 Å². The Bertz CT molecular complexity index is 836. The molecule has 0 unspecified atom stereocenters. The molecule has 2 heterocycles. The molecule has 6 nitrogen and oxygen atoms in total. The number of nitrogen functional groups attached to an aromatic ring is 1. The Labute approximate surface area is 136 Å². The molecule has 0 amide bonds. The number of anilines is 3. The first-order chi connectivity index (χ1) is 11.2. The van der Waals surface area contributed by atoms with Crippen LogP contribution < -0.4 is 11.1 Å². The predicted molar refractivity (Wildman–Crippen MR) is 90.3 cm³/mol. The maximum atomic E-state index is 11.3. The standard InChI is InChI=1S/C16H12N4O2S/c17-15-14(13-10(8-21)6-7-18-12(13)9-22)23-16(20-15)19-11-4-2-1-3-5-11/h1-9H,17H2,(H,19,20). The second kappa shape index (κ2) is 6.37. The van der Waals surface area contributed by atoms with E-state index in [1.165, 1.54) is 17.5 Å². The van der Waals surface area contributed by atoms with Gasteiger partial charge in [0.25, 0.3) is 0 Å². The van der Waals surface area contributed by atoms with Gasteiger partial charge in [0.2, 0.25) is 0 Å². The highest BCUT2D eigenvalue weighted by atomic mass is 32.1. The molecule has 0 aliphatic heterocycles. The minimum absolute atomic E-state index is 0.163. The van der Waals surface area contributed by atoms with Gasteiger partial charge >= 0.3 is 0 Å². The maximum Gasteiger partial charge on any atom is 0.189 e. The summed E-state index contributed by atoms with van der Waals surface area (Å²) in [7, 11) is 0. The topological polar surface area (TPSA) is 98.0 Å². The SMILES string of the molecule is Nc1nc(Nc2ccccc2)sc1-c1c(C=O)ccnc1C=O. The van der Waals surface area contributed by atoms with Crippen LogP contribution in [0.1, 0.15) is 20.8 Å². The third kappa shape index (κ3) is 2.95. The maximum absolute atomic E-state index is 11.3. The van der Waals surface area contributed by atoms with Gasteiger partial charge in [-0.1, -0.05) is 29.5 Å². The molecule has 23 heavy (non-hydrogen) atoms. The van der Waals surface area contributed by atoms with Crippen LogP contribution in [0.4, 0.5) is 16.6 Å². The number of para-hydroxylation sites is 1. The Morgan fingerprint density at radius 1 is 1.09 bits per heavy atom. The Balaban J connectivity index is 2.05. The molecule has 3 aromatic rings. The number of hydrogen-bond acceptors (Lipinski definition) is 7. The molecular weight excluding hydrogens is 312 g/mol. The Morgan fingerprint density at radius 2 is 1.87 bits per heavy atom. The molecule has 0 saturated heterocycles. The van der Waals surface area contributed by atoms with E-state index in [1.807, 2.05) is 30.3 Å². The molecule has 3 rings (SSSR count). The highest BCUT2D eigenvalue weighted by Crippen LogP contribution is 2.38. The summed E-state index contributed by atoms with van der Waals surface area (Å²) in [5.41, 5.74) is 7.76. The molecule has 0 aliphatic carbocycles. The molecule has 0 radical (unpaired) electrons. The number of benzene rings is 1. The highest BCUT2D eigenvalue weighted by molar-refractivity contribution is 7.19. The summed E-state index contributed by atoms with van der Waals surface area (Å²) in [5, 5.41) is 3.71. The molecule has 0 atom stereocenters. The number of aldehydes is 2. The summed E-state index contributed by atoms with van der Waals surface area (Å²) in [6.07, 6.45) is 2.69. The van der Waals surface area contributed by atoms with Crippen molar-refractivity contribution in [2.24, 2.45) is 0 Å². The van der Waals surface area contributed by atoms with Crippen molar-refractivity contribution in [3.05, 3.63) is 53.9 Å². The number of aromatic nitrogens is 2. The molecular formula is C16H12N4O2S. The lowest BCUT2D eigenvalue weighted by atomic mass is 10.1. The van der Waals surface area contributed by atoms with Crippen molar-refractivity contribution < 1.29 is 9.59 Å². The fourth-order valence-electron chi connectivity index (χ4n) is 2.14. The van der Waals surface area contributed by atoms with Crippen molar-refractivity contribution >= 4 is 40.5 Å². The number of carbonyl (C=O) groups is 2. The number of nitrogens with zero attached hydrogens (tertiary/aromatic N) is 2. The molecule has 0 aliphatic rings. The number of thiazole rings is 1. The van der Waals surface area contributed by atoms with E-state index >= 15 is 0 Å². The van der Waals surface area contributed by atoms with Gasteiger partial charge < -0.3 is 11.1 Å². The zero-order chi connectivity index (χ0) is 16.2. The van der Waals surface area contributed by atoms with E-state index in [0.29, 0.717) is 33.7 Å². The van der Waals surface area contributed by atoms with Gasteiger partial charge in [0.05, 0.1) is 4.88 Å². The Kier molecular flexibility index (Phi) is 4.11. The number of hydrogen-bond donors (Lipinski definition) is 2. The van der Waals surface area contributed by atoms with E-state index in [1.54, 1.807) is 6.07 Å². The smallest absolute Gasteiger partial charge is 0.189 e. The number of pyridine rings is 1. The molecule has 0 spiro atoms. The molecule has 1 aromatic carbocycles. The zero-order valence-corrected chi connectivity index (χ0v) is 12.7. The van der Waals surface area contributed by atoms with Crippen LogP contribution in [-0.2, 0) is 0 Å². The van der Waals surface area contributed by atoms with Crippen LogP contribution in [0.5, 0.6) is 0 Å². The van der Waals surface area contributed by atoms with Crippen LogP contribution in [-0.4, -0.2) is 22.5 Å². The number of rotatable bonds is 5. The first-order valence-corrected chi connectivity index (χ1v) is 7.52. The second-order valence-electron chi connectivity index (χ2n) is 4.62. The fraction of sp³-hybridized carbons (Fsp3) is 0. The zero-order valence-electron chi connectivity index (χ0n) is 11.9. The van der Waals surface area contributed by atoms with Crippen LogP contribution >= 0.6 is 11.3 Å². The minimum Gasteiger partial charge on any atom is -0.382 e. The first-order valence-electron chi connectivity index (χ1n) is 6.71. The lowest BCUT2D eigenvalue weighted by Gasteiger charge is -2.04. The lowest BCUT2D eigenvalue weighted by Crippen LogP contribution is -1.98. The lowest BCUT2D eigenvalue weighted by molar-refractivity contribution is 0.111. The summed E-state index contributed by atoms with van der Waals surface area (Å²) in [4.78, 5) is 31.3. The Hall–Kier alpha value is -3.06.